The van der Waals surface area contributed by atoms with Crippen molar-refractivity contribution in [2.24, 2.45) is 0 Å². The van der Waals surface area contributed by atoms with Gasteiger partial charge in [-0.2, -0.15) is 4.31 Å². The standard InChI is InChI=1S/C20H16F4N2O2S/c1-13-4-6-14(7-5-13)11-26(12-15-3-2-8-25-10-15)29(27,28)17-9-16(21)18(22)20(24)19(17)23/h2-10H,11-12H2,1H3. The monoisotopic (exact) mass is 424 g/mol. The minimum absolute atomic E-state index is 0.147. The van der Waals surface area contributed by atoms with Crippen LogP contribution in [0.2, 0.25) is 0 Å². The van der Waals surface area contributed by atoms with Gasteiger partial charge in [-0.3, -0.25) is 4.98 Å². The molecule has 2 aromatic carbocycles. The number of hydrogen-bond donors (Lipinski definition) is 0. The van der Waals surface area contributed by atoms with Crippen molar-refractivity contribution in [3.63, 3.8) is 0 Å². The van der Waals surface area contributed by atoms with Crippen LogP contribution in [0.3, 0.4) is 0 Å². The molecule has 0 unspecified atom stereocenters. The van der Waals surface area contributed by atoms with E-state index in [4.69, 9.17) is 0 Å². The van der Waals surface area contributed by atoms with Gasteiger partial charge in [0.25, 0.3) is 0 Å². The van der Waals surface area contributed by atoms with Gasteiger partial charge in [-0.25, -0.2) is 26.0 Å². The number of rotatable bonds is 6. The van der Waals surface area contributed by atoms with E-state index in [-0.39, 0.29) is 19.2 Å². The largest absolute Gasteiger partial charge is 0.264 e. The van der Waals surface area contributed by atoms with Crippen molar-refractivity contribution >= 4 is 10.0 Å². The van der Waals surface area contributed by atoms with Crippen LogP contribution in [0.15, 0.2) is 59.8 Å². The predicted molar refractivity (Wildman–Crippen MR) is 98.1 cm³/mol. The van der Waals surface area contributed by atoms with Crippen molar-refractivity contribution in [2.75, 3.05) is 0 Å². The van der Waals surface area contributed by atoms with E-state index in [1.165, 1.54) is 12.4 Å². The average molecular weight is 424 g/mol. The highest BCUT2D eigenvalue weighted by atomic mass is 32.2. The SMILES string of the molecule is Cc1ccc(CN(Cc2cccnc2)S(=O)(=O)c2cc(F)c(F)c(F)c2F)cc1. The molecule has 29 heavy (non-hydrogen) atoms. The van der Waals surface area contributed by atoms with Gasteiger partial charge in [0.2, 0.25) is 10.0 Å². The van der Waals surface area contributed by atoms with Crippen molar-refractivity contribution in [1.82, 2.24) is 9.29 Å². The third kappa shape index (κ3) is 4.46. The van der Waals surface area contributed by atoms with Gasteiger partial charge < -0.3 is 0 Å². The minimum Gasteiger partial charge on any atom is -0.264 e. The van der Waals surface area contributed by atoms with Gasteiger partial charge in [0.1, 0.15) is 4.90 Å². The second kappa shape index (κ2) is 8.30. The minimum atomic E-state index is -4.72. The number of aromatic nitrogens is 1. The molecule has 3 aromatic rings. The maximum Gasteiger partial charge on any atom is 0.246 e. The highest BCUT2D eigenvalue weighted by molar-refractivity contribution is 7.89. The normalized spacial score (nSPS) is 11.8. The molecule has 0 aliphatic heterocycles. The Morgan fingerprint density at radius 3 is 2.17 bits per heavy atom. The highest BCUT2D eigenvalue weighted by Crippen LogP contribution is 2.27. The van der Waals surface area contributed by atoms with Crippen LogP contribution < -0.4 is 0 Å². The summed E-state index contributed by atoms with van der Waals surface area (Å²) < 4.78 is 81.8. The number of benzene rings is 2. The lowest BCUT2D eigenvalue weighted by atomic mass is 10.1. The zero-order valence-electron chi connectivity index (χ0n) is 15.2. The lowest BCUT2D eigenvalue weighted by molar-refractivity contribution is 0.377. The second-order valence-electron chi connectivity index (χ2n) is 6.42. The van der Waals surface area contributed by atoms with Crippen LogP contribution in [0, 0.1) is 30.2 Å². The molecule has 0 amide bonds. The van der Waals surface area contributed by atoms with E-state index in [1.54, 1.807) is 36.4 Å². The zero-order valence-corrected chi connectivity index (χ0v) is 16.1. The first kappa shape index (κ1) is 20.9. The first-order valence-electron chi connectivity index (χ1n) is 8.47. The summed E-state index contributed by atoms with van der Waals surface area (Å²) in [5, 5.41) is 0. The van der Waals surface area contributed by atoms with E-state index in [0.717, 1.165) is 9.87 Å². The van der Waals surface area contributed by atoms with E-state index in [0.29, 0.717) is 11.1 Å². The molecule has 0 atom stereocenters. The number of pyridine rings is 1. The number of hydrogen-bond acceptors (Lipinski definition) is 3. The van der Waals surface area contributed by atoms with E-state index in [9.17, 15) is 26.0 Å². The Labute approximate surface area is 165 Å². The molecule has 0 radical (unpaired) electrons. The quantitative estimate of drug-likeness (QED) is 0.336. The lowest BCUT2D eigenvalue weighted by Crippen LogP contribution is -2.31. The molecular formula is C20H16F4N2O2S. The molecule has 9 heteroatoms. The fourth-order valence-electron chi connectivity index (χ4n) is 2.70. The fourth-order valence-corrected chi connectivity index (χ4v) is 4.18. The first-order valence-corrected chi connectivity index (χ1v) is 9.91. The Bertz CT molecular complexity index is 1120. The molecule has 152 valence electrons. The van der Waals surface area contributed by atoms with Crippen LogP contribution in [-0.2, 0) is 23.1 Å². The topological polar surface area (TPSA) is 50.3 Å². The van der Waals surface area contributed by atoms with Gasteiger partial charge in [0, 0.05) is 31.5 Å². The summed E-state index contributed by atoms with van der Waals surface area (Å²) in [6.07, 6.45) is 2.91. The van der Waals surface area contributed by atoms with Gasteiger partial charge in [-0.1, -0.05) is 35.9 Å². The van der Waals surface area contributed by atoms with Crippen LogP contribution in [-0.4, -0.2) is 17.7 Å². The van der Waals surface area contributed by atoms with Crippen molar-refractivity contribution in [2.45, 2.75) is 24.9 Å². The van der Waals surface area contributed by atoms with Crippen LogP contribution in [0.25, 0.3) is 0 Å². The fraction of sp³-hybridized carbons (Fsp3) is 0.150. The molecule has 0 fully saturated rings. The Balaban J connectivity index is 2.07. The summed E-state index contributed by atoms with van der Waals surface area (Å²) in [5.74, 6) is -8.01. The molecule has 0 spiro atoms. The van der Waals surface area contributed by atoms with Crippen LogP contribution in [0.1, 0.15) is 16.7 Å². The Kier molecular flexibility index (Phi) is 5.99. The molecule has 1 aromatic heterocycles. The maximum absolute atomic E-state index is 14.2. The summed E-state index contributed by atoms with van der Waals surface area (Å²) in [7, 11) is -4.72. The average Bonchev–Trinajstić information content (AvgIpc) is 2.71. The van der Waals surface area contributed by atoms with Crippen LogP contribution in [0.4, 0.5) is 17.6 Å². The van der Waals surface area contributed by atoms with Gasteiger partial charge >= 0.3 is 0 Å². The Morgan fingerprint density at radius 1 is 0.897 bits per heavy atom. The summed E-state index contributed by atoms with van der Waals surface area (Å²) in [6.45, 7) is 1.43. The molecule has 0 N–H and O–H groups in total. The van der Waals surface area contributed by atoms with E-state index in [2.05, 4.69) is 4.98 Å². The van der Waals surface area contributed by atoms with Gasteiger partial charge in [-0.15, -0.1) is 0 Å². The summed E-state index contributed by atoms with van der Waals surface area (Å²) >= 11 is 0. The van der Waals surface area contributed by atoms with Gasteiger partial charge in [-0.05, 0) is 24.1 Å². The van der Waals surface area contributed by atoms with E-state index in [1.807, 2.05) is 6.92 Å². The molecule has 0 saturated carbocycles. The number of sulfonamides is 1. The third-order valence-electron chi connectivity index (χ3n) is 4.25. The van der Waals surface area contributed by atoms with Crippen molar-refractivity contribution < 1.29 is 26.0 Å². The number of nitrogens with zero attached hydrogens (tertiary/aromatic N) is 2. The molecular weight excluding hydrogens is 408 g/mol. The lowest BCUT2D eigenvalue weighted by Gasteiger charge is -2.23. The van der Waals surface area contributed by atoms with Gasteiger partial charge in [0.15, 0.2) is 23.3 Å². The van der Waals surface area contributed by atoms with Gasteiger partial charge in [0.05, 0.1) is 0 Å². The van der Waals surface area contributed by atoms with Crippen molar-refractivity contribution in [1.29, 1.82) is 0 Å². The van der Waals surface area contributed by atoms with E-state index >= 15 is 0 Å². The second-order valence-corrected chi connectivity index (χ2v) is 8.32. The van der Waals surface area contributed by atoms with Crippen molar-refractivity contribution in [3.8, 4) is 0 Å². The molecule has 4 nitrogen and oxygen atoms in total. The highest BCUT2D eigenvalue weighted by Gasteiger charge is 2.32. The van der Waals surface area contributed by atoms with Crippen LogP contribution >= 0.6 is 0 Å². The van der Waals surface area contributed by atoms with Crippen molar-refractivity contribution in [3.05, 3.63) is 94.8 Å². The number of halogens is 4. The molecule has 1 heterocycles. The number of aryl methyl sites for hydroxylation is 1. The third-order valence-corrected chi connectivity index (χ3v) is 6.04. The Morgan fingerprint density at radius 2 is 1.55 bits per heavy atom. The zero-order chi connectivity index (χ0) is 21.2. The smallest absolute Gasteiger partial charge is 0.246 e. The Hall–Kier alpha value is -2.78. The molecule has 0 bridgehead atoms. The van der Waals surface area contributed by atoms with E-state index < -0.39 is 38.2 Å². The molecule has 0 saturated heterocycles. The summed E-state index contributed by atoms with van der Waals surface area (Å²) in [4.78, 5) is 2.63. The summed E-state index contributed by atoms with van der Waals surface area (Å²) in [5.41, 5.74) is 2.00. The molecule has 3 rings (SSSR count). The van der Waals surface area contributed by atoms with Crippen LogP contribution in [0.5, 0.6) is 0 Å². The maximum atomic E-state index is 14.2. The molecule has 0 aliphatic carbocycles. The molecule has 0 aliphatic rings. The predicted octanol–water partition coefficient (Wildman–Crippen LogP) is 4.34. The summed E-state index contributed by atoms with van der Waals surface area (Å²) in [6, 6.07) is 10.2. The first-order chi connectivity index (χ1) is 13.7.